The quantitative estimate of drug-likeness (QED) is 0.549. The molecule has 0 saturated carbocycles. The zero-order valence-corrected chi connectivity index (χ0v) is 9.36. The van der Waals surface area contributed by atoms with Gasteiger partial charge in [-0.05, 0) is 24.9 Å². The summed E-state index contributed by atoms with van der Waals surface area (Å²) in [6.45, 7) is 3.35. The van der Waals surface area contributed by atoms with E-state index in [-0.39, 0.29) is 0 Å². The normalized spacial score (nSPS) is 10.6. The van der Waals surface area contributed by atoms with Gasteiger partial charge in [0.15, 0.2) is 0 Å². The molecule has 1 rings (SSSR count). The first-order chi connectivity index (χ1) is 6.38. The van der Waals surface area contributed by atoms with Gasteiger partial charge in [-0.15, -0.1) is 0 Å². The van der Waals surface area contributed by atoms with Gasteiger partial charge in [-0.3, -0.25) is 0 Å². The number of imidazole rings is 1. The summed E-state index contributed by atoms with van der Waals surface area (Å²) in [6, 6.07) is 0. The largest absolute Gasteiger partial charge is 0.254 e. The molecule has 2 nitrogen and oxygen atoms in total. The second-order valence-electron chi connectivity index (χ2n) is 3.20. The number of hydrogen-bond acceptors (Lipinski definition) is 1. The van der Waals surface area contributed by atoms with Gasteiger partial charge in [-0.25, -0.2) is 9.55 Å². The highest BCUT2D eigenvalue weighted by Crippen LogP contribution is 2.00. The van der Waals surface area contributed by atoms with E-state index in [1.807, 2.05) is 18.0 Å². The van der Waals surface area contributed by atoms with Crippen LogP contribution in [0.2, 0.25) is 0 Å². The topological polar surface area (TPSA) is 19.7 Å². The Balaban J connectivity index is 2.40. The van der Waals surface area contributed by atoms with Gasteiger partial charge in [0.1, 0.15) is 12.4 Å². The molecule has 0 atom stereocenters. The van der Waals surface area contributed by atoms with Crippen molar-refractivity contribution in [3.63, 3.8) is 0 Å². The molecule has 0 amide bonds. The number of aryl methyl sites for hydroxylation is 2. The van der Waals surface area contributed by atoms with Crippen molar-refractivity contribution in [1.82, 2.24) is 4.98 Å². The van der Waals surface area contributed by atoms with Crippen LogP contribution >= 0.6 is 11.8 Å². The molecule has 0 aliphatic carbocycles. The van der Waals surface area contributed by atoms with Gasteiger partial charge < -0.3 is 0 Å². The Morgan fingerprint density at radius 2 is 2.38 bits per heavy atom. The second kappa shape index (κ2) is 6.08. The van der Waals surface area contributed by atoms with Crippen molar-refractivity contribution in [3.8, 4) is 0 Å². The summed E-state index contributed by atoms with van der Waals surface area (Å²) in [6.07, 6.45) is 9.98. The molecule has 1 aromatic heterocycles. The van der Waals surface area contributed by atoms with Crippen LogP contribution in [0.3, 0.4) is 0 Å². The van der Waals surface area contributed by atoms with E-state index in [2.05, 4.69) is 28.9 Å². The summed E-state index contributed by atoms with van der Waals surface area (Å²) < 4.78 is 2.32. The molecule has 1 N–H and O–H groups in total. The zero-order chi connectivity index (χ0) is 9.52. The van der Waals surface area contributed by atoms with Crippen molar-refractivity contribution in [2.75, 3.05) is 12.0 Å². The van der Waals surface area contributed by atoms with Crippen molar-refractivity contribution in [2.24, 2.45) is 0 Å². The smallest absolute Gasteiger partial charge is 0.248 e. The van der Waals surface area contributed by atoms with Crippen molar-refractivity contribution in [3.05, 3.63) is 18.2 Å². The molecule has 74 valence electrons. The van der Waals surface area contributed by atoms with Crippen LogP contribution < -0.4 is 4.57 Å². The summed E-state index contributed by atoms with van der Waals surface area (Å²) in [7, 11) is 0. The number of thioether (sulfide) groups is 1. The predicted molar refractivity (Wildman–Crippen MR) is 58.0 cm³/mol. The highest BCUT2D eigenvalue weighted by Gasteiger charge is 2.07. The third kappa shape index (κ3) is 3.43. The first-order valence-corrected chi connectivity index (χ1v) is 6.32. The van der Waals surface area contributed by atoms with Gasteiger partial charge in [0, 0.05) is 6.42 Å². The molecule has 0 aliphatic rings. The van der Waals surface area contributed by atoms with Crippen LogP contribution in [0.1, 0.15) is 25.6 Å². The van der Waals surface area contributed by atoms with E-state index in [1.54, 1.807) is 0 Å². The number of rotatable bonds is 6. The first kappa shape index (κ1) is 10.6. The van der Waals surface area contributed by atoms with Crippen LogP contribution in [0.25, 0.3) is 0 Å². The van der Waals surface area contributed by atoms with E-state index >= 15 is 0 Å². The summed E-state index contributed by atoms with van der Waals surface area (Å²) in [5.41, 5.74) is 0. The number of aromatic amines is 1. The first-order valence-electron chi connectivity index (χ1n) is 4.93. The Hall–Kier alpha value is -0.440. The number of H-pyrrole nitrogens is 1. The monoisotopic (exact) mass is 199 g/mol. The second-order valence-corrected chi connectivity index (χ2v) is 4.18. The molecule has 0 aromatic carbocycles. The molecule has 13 heavy (non-hydrogen) atoms. The Morgan fingerprint density at radius 3 is 3.08 bits per heavy atom. The molecule has 0 unspecified atom stereocenters. The molecule has 0 fully saturated rings. The maximum atomic E-state index is 3.30. The van der Waals surface area contributed by atoms with Crippen molar-refractivity contribution in [1.29, 1.82) is 0 Å². The molecule has 1 aromatic rings. The van der Waals surface area contributed by atoms with Crippen molar-refractivity contribution < 1.29 is 4.57 Å². The lowest BCUT2D eigenvalue weighted by atomic mass is 10.3. The minimum atomic E-state index is 1.14. The molecule has 3 heteroatoms. The third-order valence-corrected chi connectivity index (χ3v) is 2.77. The van der Waals surface area contributed by atoms with Crippen LogP contribution in [0.5, 0.6) is 0 Å². The van der Waals surface area contributed by atoms with Gasteiger partial charge in [-0.1, -0.05) is 6.92 Å². The average molecular weight is 199 g/mol. The van der Waals surface area contributed by atoms with E-state index < -0.39 is 0 Å². The van der Waals surface area contributed by atoms with Gasteiger partial charge in [-0.2, -0.15) is 11.8 Å². The SMILES string of the molecule is CCC[n+]1cc[nH]c1CCCSC. The Labute approximate surface area is 84.7 Å². The lowest BCUT2D eigenvalue weighted by Gasteiger charge is -1.98. The number of nitrogens with zero attached hydrogens (tertiary/aromatic N) is 1. The Kier molecular flexibility index (Phi) is 4.98. The molecular formula is C10H19N2S+. The number of aromatic nitrogens is 2. The highest BCUT2D eigenvalue weighted by atomic mass is 32.2. The van der Waals surface area contributed by atoms with Crippen molar-refractivity contribution in [2.45, 2.75) is 32.7 Å². The fourth-order valence-corrected chi connectivity index (χ4v) is 1.88. The average Bonchev–Trinajstić information content (AvgIpc) is 2.54. The third-order valence-electron chi connectivity index (χ3n) is 2.08. The molecule has 0 saturated heterocycles. The molecule has 0 spiro atoms. The Bertz CT molecular complexity index is 233. The standard InChI is InChI=1S/C10H18N2S/c1-3-7-12-8-6-11-10(12)5-4-9-13-2/h6,8H,3-5,7,9H2,1-2H3/p+1. The van der Waals surface area contributed by atoms with Gasteiger partial charge in [0.05, 0.1) is 6.54 Å². The van der Waals surface area contributed by atoms with E-state index in [4.69, 9.17) is 0 Å². The summed E-state index contributed by atoms with van der Waals surface area (Å²) in [4.78, 5) is 3.30. The Morgan fingerprint density at radius 1 is 1.54 bits per heavy atom. The van der Waals surface area contributed by atoms with Crippen LogP contribution in [-0.4, -0.2) is 17.0 Å². The highest BCUT2D eigenvalue weighted by molar-refractivity contribution is 7.98. The fraction of sp³-hybridized carbons (Fsp3) is 0.700. The molecule has 1 heterocycles. The molecule has 0 aliphatic heterocycles. The zero-order valence-electron chi connectivity index (χ0n) is 8.55. The van der Waals surface area contributed by atoms with Crippen LogP contribution in [0, 0.1) is 0 Å². The number of nitrogens with one attached hydrogen (secondary N) is 1. The molecule has 0 radical (unpaired) electrons. The van der Waals surface area contributed by atoms with E-state index in [9.17, 15) is 0 Å². The molecular weight excluding hydrogens is 180 g/mol. The van der Waals surface area contributed by atoms with E-state index in [0.717, 1.165) is 6.54 Å². The van der Waals surface area contributed by atoms with Gasteiger partial charge >= 0.3 is 0 Å². The van der Waals surface area contributed by atoms with Crippen molar-refractivity contribution >= 4 is 11.8 Å². The molecule has 0 bridgehead atoms. The van der Waals surface area contributed by atoms with Gasteiger partial charge in [0.25, 0.3) is 5.82 Å². The van der Waals surface area contributed by atoms with E-state index in [0.29, 0.717) is 0 Å². The maximum absolute atomic E-state index is 3.30. The number of hydrogen-bond donors (Lipinski definition) is 1. The summed E-state index contributed by atoms with van der Waals surface area (Å²) in [5.74, 6) is 2.63. The fourth-order valence-electron chi connectivity index (χ4n) is 1.45. The predicted octanol–water partition coefficient (Wildman–Crippen LogP) is 2.01. The minimum Gasteiger partial charge on any atom is -0.248 e. The summed E-state index contributed by atoms with van der Waals surface area (Å²) >= 11 is 1.92. The lowest BCUT2D eigenvalue weighted by Crippen LogP contribution is -2.35. The van der Waals surface area contributed by atoms with E-state index in [1.165, 1.54) is 30.8 Å². The van der Waals surface area contributed by atoms with Gasteiger partial charge in [0.2, 0.25) is 0 Å². The summed E-state index contributed by atoms with van der Waals surface area (Å²) in [5, 5.41) is 0. The lowest BCUT2D eigenvalue weighted by molar-refractivity contribution is -0.702. The minimum absolute atomic E-state index is 1.14. The van der Waals surface area contributed by atoms with Crippen LogP contribution in [0.4, 0.5) is 0 Å². The van der Waals surface area contributed by atoms with Crippen LogP contribution in [-0.2, 0) is 13.0 Å². The maximum Gasteiger partial charge on any atom is 0.254 e. The van der Waals surface area contributed by atoms with Crippen LogP contribution in [0.15, 0.2) is 12.4 Å².